The molecule has 0 spiro atoms. The van der Waals surface area contributed by atoms with Crippen LogP contribution in [0.3, 0.4) is 0 Å². The molecule has 5 heteroatoms. The molecule has 0 saturated heterocycles. The van der Waals surface area contributed by atoms with E-state index in [0.29, 0.717) is 5.16 Å². The minimum Gasteiger partial charge on any atom is -0.309 e. The number of rotatable bonds is 2. The van der Waals surface area contributed by atoms with Crippen LogP contribution in [0.2, 0.25) is 0 Å². The fraction of sp³-hybridized carbons (Fsp3) is 0.429. The normalized spacial score (nSPS) is 17.8. The van der Waals surface area contributed by atoms with E-state index in [1.54, 1.807) is 0 Å². The number of halogens is 1. The van der Waals surface area contributed by atoms with Gasteiger partial charge in [0.2, 0.25) is 0 Å². The molecule has 0 aliphatic heterocycles. The number of thiol groups is 1. The Kier molecular flexibility index (Phi) is 3.43. The van der Waals surface area contributed by atoms with E-state index in [-0.39, 0.29) is 5.41 Å². The minimum atomic E-state index is -0.00743. The van der Waals surface area contributed by atoms with Gasteiger partial charge in [-0.3, -0.25) is 0 Å². The molecule has 0 bridgehead atoms. The highest BCUT2D eigenvalue weighted by Crippen LogP contribution is 2.46. The van der Waals surface area contributed by atoms with Gasteiger partial charge in [-0.05, 0) is 30.5 Å². The summed E-state index contributed by atoms with van der Waals surface area (Å²) >= 11 is 7.93. The van der Waals surface area contributed by atoms with Crippen LogP contribution in [-0.2, 0) is 12.5 Å². The molecular formula is C14H16BrN3S. The van der Waals surface area contributed by atoms with Gasteiger partial charge in [-0.25, -0.2) is 0 Å². The molecule has 0 amide bonds. The maximum Gasteiger partial charge on any atom is 0.187 e. The summed E-state index contributed by atoms with van der Waals surface area (Å²) in [4.78, 5) is 0. The van der Waals surface area contributed by atoms with Crippen molar-refractivity contribution < 1.29 is 0 Å². The van der Waals surface area contributed by atoms with Crippen molar-refractivity contribution in [3.63, 3.8) is 0 Å². The van der Waals surface area contributed by atoms with Gasteiger partial charge in [0.25, 0.3) is 0 Å². The summed E-state index contributed by atoms with van der Waals surface area (Å²) in [5, 5.41) is 9.19. The van der Waals surface area contributed by atoms with Crippen LogP contribution in [0, 0.1) is 0 Å². The van der Waals surface area contributed by atoms with Gasteiger partial charge in [0.1, 0.15) is 5.82 Å². The molecule has 0 N–H and O–H groups in total. The summed E-state index contributed by atoms with van der Waals surface area (Å²) in [6.45, 7) is 0. The molecule has 100 valence electrons. The predicted molar refractivity (Wildman–Crippen MR) is 81.6 cm³/mol. The van der Waals surface area contributed by atoms with Gasteiger partial charge >= 0.3 is 0 Å². The minimum absolute atomic E-state index is 0.00743. The highest BCUT2D eigenvalue weighted by atomic mass is 79.9. The third kappa shape index (κ3) is 2.13. The topological polar surface area (TPSA) is 30.7 Å². The molecule has 1 fully saturated rings. The Morgan fingerprint density at radius 3 is 2.58 bits per heavy atom. The fourth-order valence-electron chi connectivity index (χ4n) is 3.14. The molecule has 0 atom stereocenters. The summed E-state index contributed by atoms with van der Waals surface area (Å²) in [6.07, 6.45) is 4.73. The Morgan fingerprint density at radius 1 is 1.26 bits per heavy atom. The Labute approximate surface area is 127 Å². The smallest absolute Gasteiger partial charge is 0.187 e. The van der Waals surface area contributed by atoms with E-state index < -0.39 is 0 Å². The average molecular weight is 338 g/mol. The first kappa shape index (κ1) is 13.2. The quantitative estimate of drug-likeness (QED) is 0.846. The van der Waals surface area contributed by atoms with Crippen molar-refractivity contribution in [1.29, 1.82) is 0 Å². The summed E-state index contributed by atoms with van der Waals surface area (Å²) in [5.41, 5.74) is 1.31. The maximum absolute atomic E-state index is 4.40. The first-order valence-electron chi connectivity index (χ1n) is 6.48. The zero-order valence-electron chi connectivity index (χ0n) is 10.8. The zero-order valence-corrected chi connectivity index (χ0v) is 13.3. The monoisotopic (exact) mass is 337 g/mol. The van der Waals surface area contributed by atoms with E-state index >= 15 is 0 Å². The highest BCUT2D eigenvalue weighted by Gasteiger charge is 2.41. The lowest BCUT2D eigenvalue weighted by molar-refractivity contribution is 0.475. The van der Waals surface area contributed by atoms with Gasteiger partial charge in [0.15, 0.2) is 5.16 Å². The molecule has 0 radical (unpaired) electrons. The van der Waals surface area contributed by atoms with Crippen LogP contribution < -0.4 is 0 Å². The molecule has 19 heavy (non-hydrogen) atoms. The zero-order chi connectivity index (χ0) is 13.5. The van der Waals surface area contributed by atoms with Crippen molar-refractivity contribution in [2.45, 2.75) is 36.3 Å². The van der Waals surface area contributed by atoms with E-state index in [9.17, 15) is 0 Å². The predicted octanol–water partition coefficient (Wildman–Crippen LogP) is 3.73. The van der Waals surface area contributed by atoms with Crippen LogP contribution in [0.25, 0.3) is 0 Å². The number of nitrogens with zero attached hydrogens (tertiary/aromatic N) is 3. The molecule has 1 aromatic carbocycles. The van der Waals surface area contributed by atoms with Crippen molar-refractivity contribution in [1.82, 2.24) is 14.8 Å². The van der Waals surface area contributed by atoms with E-state index in [1.165, 1.54) is 18.4 Å². The molecule has 3 nitrogen and oxygen atoms in total. The lowest BCUT2D eigenvalue weighted by atomic mass is 9.78. The molecule has 1 saturated carbocycles. The molecular weight excluding hydrogens is 322 g/mol. The fourth-order valence-corrected chi connectivity index (χ4v) is 3.68. The first-order valence-corrected chi connectivity index (χ1v) is 7.72. The number of benzene rings is 1. The standard InChI is InChI=1S/C14H16BrN3S/c1-18-12(16-17-13(18)19)14(7-2-3-8-14)10-5-4-6-11(15)9-10/h4-6,9H,2-3,7-8H2,1H3,(H,17,19). The number of hydrogen-bond donors (Lipinski definition) is 1. The molecule has 1 aromatic heterocycles. The van der Waals surface area contributed by atoms with Gasteiger partial charge in [-0.15, -0.1) is 22.8 Å². The van der Waals surface area contributed by atoms with Gasteiger partial charge in [0.05, 0.1) is 5.41 Å². The van der Waals surface area contributed by atoms with Gasteiger partial charge < -0.3 is 4.57 Å². The third-order valence-electron chi connectivity index (χ3n) is 4.11. The van der Waals surface area contributed by atoms with Crippen molar-refractivity contribution in [2.24, 2.45) is 7.05 Å². The van der Waals surface area contributed by atoms with Crippen molar-refractivity contribution in [3.05, 3.63) is 40.1 Å². The Bertz CT molecular complexity index is 602. The molecule has 0 unspecified atom stereocenters. The van der Waals surface area contributed by atoms with E-state index in [1.807, 2.05) is 11.6 Å². The van der Waals surface area contributed by atoms with Gasteiger partial charge in [-0.1, -0.05) is 40.9 Å². The van der Waals surface area contributed by atoms with Crippen LogP contribution in [0.15, 0.2) is 33.9 Å². The summed E-state index contributed by atoms with van der Waals surface area (Å²) in [6, 6.07) is 8.56. The van der Waals surface area contributed by atoms with E-state index in [4.69, 9.17) is 0 Å². The summed E-state index contributed by atoms with van der Waals surface area (Å²) in [7, 11) is 2.00. The van der Waals surface area contributed by atoms with Crippen LogP contribution in [0.4, 0.5) is 0 Å². The van der Waals surface area contributed by atoms with Crippen molar-refractivity contribution in [2.75, 3.05) is 0 Å². The molecule has 2 aromatic rings. The molecule has 1 aliphatic carbocycles. The second-order valence-electron chi connectivity index (χ2n) is 5.18. The van der Waals surface area contributed by atoms with Crippen LogP contribution in [0.1, 0.15) is 37.1 Å². The van der Waals surface area contributed by atoms with Crippen LogP contribution >= 0.6 is 28.6 Å². The second-order valence-corrected chi connectivity index (χ2v) is 6.50. The molecule has 3 rings (SSSR count). The van der Waals surface area contributed by atoms with Crippen molar-refractivity contribution in [3.8, 4) is 0 Å². The highest BCUT2D eigenvalue weighted by molar-refractivity contribution is 9.10. The van der Waals surface area contributed by atoms with Gasteiger partial charge in [-0.2, -0.15) is 0 Å². The van der Waals surface area contributed by atoms with Crippen molar-refractivity contribution >= 4 is 28.6 Å². The lowest BCUT2D eigenvalue weighted by Gasteiger charge is -2.28. The molecule has 1 heterocycles. The first-order chi connectivity index (χ1) is 9.13. The van der Waals surface area contributed by atoms with Crippen LogP contribution in [0.5, 0.6) is 0 Å². The summed E-state index contributed by atoms with van der Waals surface area (Å²) < 4.78 is 3.12. The van der Waals surface area contributed by atoms with Gasteiger partial charge in [0, 0.05) is 11.5 Å². The number of hydrogen-bond acceptors (Lipinski definition) is 3. The summed E-state index contributed by atoms with van der Waals surface area (Å²) in [5.74, 6) is 1.04. The second kappa shape index (κ2) is 4.94. The maximum atomic E-state index is 4.40. The number of aromatic nitrogens is 3. The Hall–Kier alpha value is -0.810. The van der Waals surface area contributed by atoms with E-state index in [0.717, 1.165) is 23.1 Å². The Morgan fingerprint density at radius 2 is 2.00 bits per heavy atom. The lowest BCUT2D eigenvalue weighted by Crippen LogP contribution is -2.27. The molecule has 1 aliphatic rings. The largest absolute Gasteiger partial charge is 0.309 e. The van der Waals surface area contributed by atoms with E-state index in [2.05, 4.69) is 63.0 Å². The van der Waals surface area contributed by atoms with Crippen LogP contribution in [-0.4, -0.2) is 14.8 Å². The Balaban J connectivity index is 2.17. The third-order valence-corrected chi connectivity index (χ3v) is 5.00. The average Bonchev–Trinajstić information content (AvgIpc) is 2.99. The SMILES string of the molecule is Cn1c(S)nnc1C1(c2cccc(Br)c2)CCCC1.